The molecule has 278 valence electrons. The summed E-state index contributed by atoms with van der Waals surface area (Å²) in [5.41, 5.74) is 7.41. The molecule has 3 atom stereocenters. The molecule has 12 nitrogen and oxygen atoms in total. The van der Waals surface area contributed by atoms with Crippen LogP contribution in [0.4, 0.5) is 4.39 Å². The van der Waals surface area contributed by atoms with Gasteiger partial charge in [-0.2, -0.15) is 0 Å². The molecule has 1 heterocycles. The minimum atomic E-state index is -1.27. The number of benzene rings is 4. The maximum atomic E-state index is 15.0. The number of carbonyl (C=O) groups is 4. The lowest BCUT2D eigenvalue weighted by molar-refractivity contribution is -0.151. The van der Waals surface area contributed by atoms with Gasteiger partial charge in [0.2, 0.25) is 23.6 Å². The van der Waals surface area contributed by atoms with E-state index in [4.69, 9.17) is 11.1 Å². The number of nitrogens with zero attached hydrogens (tertiary/aromatic N) is 2. The number of carbonyl (C=O) groups excluding carboxylic acids is 4. The van der Waals surface area contributed by atoms with Gasteiger partial charge in [0.25, 0.3) is 0 Å². The smallest absolute Gasteiger partial charge is 0.246 e. The predicted molar refractivity (Wildman–Crippen MR) is 200 cm³/mol. The van der Waals surface area contributed by atoms with Crippen molar-refractivity contribution in [2.45, 2.75) is 57.2 Å². The molecule has 7 N–H and O–H groups in total. The van der Waals surface area contributed by atoms with E-state index in [1.807, 2.05) is 30.3 Å². The second-order valence-electron chi connectivity index (χ2n) is 13.4. The molecule has 0 bridgehead atoms. The van der Waals surface area contributed by atoms with E-state index in [0.29, 0.717) is 37.9 Å². The second-order valence-corrected chi connectivity index (χ2v) is 13.4. The van der Waals surface area contributed by atoms with Gasteiger partial charge in [-0.05, 0) is 64.9 Å². The predicted octanol–water partition coefficient (Wildman–Crippen LogP) is 3.00. The zero-order chi connectivity index (χ0) is 37.9. The van der Waals surface area contributed by atoms with Crippen LogP contribution in [-0.2, 0) is 38.4 Å². The number of halogens is 1. The lowest BCUT2D eigenvalue weighted by Gasteiger charge is -2.42. The first-order valence-corrected chi connectivity index (χ1v) is 17.7. The monoisotopic (exact) mass is 723 g/mol. The summed E-state index contributed by atoms with van der Waals surface area (Å²) >= 11 is 0. The van der Waals surface area contributed by atoms with Gasteiger partial charge in [0, 0.05) is 45.4 Å². The average Bonchev–Trinajstić information content (AvgIpc) is 3.13. The first kappa shape index (κ1) is 38.3. The van der Waals surface area contributed by atoms with Crippen LogP contribution in [0.25, 0.3) is 10.8 Å². The number of amides is 4. The van der Waals surface area contributed by atoms with Crippen LogP contribution in [0.1, 0.15) is 36.5 Å². The van der Waals surface area contributed by atoms with Crippen LogP contribution in [0.2, 0.25) is 0 Å². The fourth-order valence-corrected chi connectivity index (χ4v) is 6.65. The highest BCUT2D eigenvalue weighted by molar-refractivity contribution is 5.94. The largest absolute Gasteiger partial charge is 0.508 e. The molecule has 1 fully saturated rings. The van der Waals surface area contributed by atoms with Crippen molar-refractivity contribution in [2.75, 3.05) is 26.2 Å². The van der Waals surface area contributed by atoms with Crippen molar-refractivity contribution in [3.63, 3.8) is 0 Å². The Morgan fingerprint density at radius 1 is 0.925 bits per heavy atom. The van der Waals surface area contributed by atoms with Crippen molar-refractivity contribution in [1.29, 1.82) is 5.41 Å². The maximum absolute atomic E-state index is 15.0. The number of fused-ring (bicyclic) bond motifs is 1. The van der Waals surface area contributed by atoms with Crippen LogP contribution in [0, 0.1) is 11.2 Å². The molecule has 0 aliphatic carbocycles. The summed E-state index contributed by atoms with van der Waals surface area (Å²) in [5, 5.41) is 27.6. The van der Waals surface area contributed by atoms with Crippen molar-refractivity contribution < 1.29 is 28.7 Å². The van der Waals surface area contributed by atoms with E-state index in [1.165, 1.54) is 42.2 Å². The topological polar surface area (TPSA) is 181 Å². The van der Waals surface area contributed by atoms with E-state index in [0.717, 1.165) is 16.3 Å². The lowest BCUT2D eigenvalue weighted by Crippen LogP contribution is -2.63. The number of phenolic OH excluding ortho intramolecular Hbond substituents is 1. The molecule has 4 aromatic rings. The van der Waals surface area contributed by atoms with Crippen molar-refractivity contribution in [3.05, 3.63) is 114 Å². The van der Waals surface area contributed by atoms with Crippen molar-refractivity contribution >= 4 is 40.4 Å². The Morgan fingerprint density at radius 3 is 2.34 bits per heavy atom. The van der Waals surface area contributed by atoms with Crippen LogP contribution in [0.15, 0.2) is 91.0 Å². The van der Waals surface area contributed by atoms with Gasteiger partial charge in [0.05, 0.1) is 0 Å². The summed E-state index contributed by atoms with van der Waals surface area (Å²) in [6, 6.07) is 23.6. The molecule has 3 unspecified atom stereocenters. The van der Waals surface area contributed by atoms with Gasteiger partial charge in [-0.1, -0.05) is 72.8 Å². The third-order valence-electron chi connectivity index (χ3n) is 9.39. The quantitative estimate of drug-likeness (QED) is 0.0620. The number of aromatic hydroxyl groups is 1. The Kier molecular flexibility index (Phi) is 13.0. The van der Waals surface area contributed by atoms with Gasteiger partial charge >= 0.3 is 0 Å². The summed E-state index contributed by atoms with van der Waals surface area (Å²) < 4.78 is 15.0. The minimum Gasteiger partial charge on any atom is -0.508 e. The number of phenols is 1. The molecule has 1 aliphatic heterocycles. The lowest BCUT2D eigenvalue weighted by atomic mass is 9.99. The second kappa shape index (κ2) is 18.0. The fraction of sp³-hybridized carbons (Fsp3) is 0.325. The number of nitrogens with one attached hydrogen (secondary N) is 4. The highest BCUT2D eigenvalue weighted by Gasteiger charge is 2.39. The molecular weight excluding hydrogens is 677 g/mol. The summed E-state index contributed by atoms with van der Waals surface area (Å²) in [4.78, 5) is 57.4. The molecule has 4 aromatic carbocycles. The molecule has 1 aliphatic rings. The number of hydrogen-bond donors (Lipinski definition) is 6. The summed E-state index contributed by atoms with van der Waals surface area (Å²) in [6.07, 6.45) is 1.47. The Labute approximate surface area is 308 Å². The third kappa shape index (κ3) is 10.8. The Bertz CT molecular complexity index is 1940. The van der Waals surface area contributed by atoms with E-state index < -0.39 is 41.7 Å². The van der Waals surface area contributed by atoms with Gasteiger partial charge in [-0.3, -0.25) is 24.6 Å². The fourth-order valence-electron chi connectivity index (χ4n) is 6.65. The number of rotatable bonds is 15. The van der Waals surface area contributed by atoms with Crippen LogP contribution < -0.4 is 21.7 Å². The number of nitrogens with two attached hydrogens (primary N) is 1. The van der Waals surface area contributed by atoms with Crippen molar-refractivity contribution in [1.82, 2.24) is 25.8 Å². The van der Waals surface area contributed by atoms with Crippen LogP contribution in [-0.4, -0.2) is 88.8 Å². The SMILES string of the molecule is CC(=O)NC(Cc1ccc(O)cc1)C(=O)NC(Cc1ccccc1F)C(=O)N1CC(=O)N(CCc2ccc3ccccc3c2)CC1CCCNC(=N)N. The Balaban J connectivity index is 1.37. The minimum absolute atomic E-state index is 0.0415. The summed E-state index contributed by atoms with van der Waals surface area (Å²) in [6.45, 7) is 2.09. The number of guanidine groups is 1. The Morgan fingerprint density at radius 2 is 1.62 bits per heavy atom. The van der Waals surface area contributed by atoms with Gasteiger partial charge < -0.3 is 36.6 Å². The molecular formula is C40H46FN7O5. The van der Waals surface area contributed by atoms with Gasteiger partial charge in [0.15, 0.2) is 5.96 Å². The van der Waals surface area contributed by atoms with Gasteiger partial charge in [0.1, 0.15) is 30.2 Å². The highest BCUT2D eigenvalue weighted by atomic mass is 19.1. The van der Waals surface area contributed by atoms with E-state index in [2.05, 4.69) is 28.1 Å². The maximum Gasteiger partial charge on any atom is 0.246 e. The average molecular weight is 724 g/mol. The number of piperazine rings is 1. The standard InChI is InChI=1S/C40H46FN7O5/c1-26(49)45-35(22-27-13-16-33(50)17-14-27)38(52)46-36(23-31-9-4-5-11-34(31)41)39(53)48-25-37(51)47(24-32(48)10-6-19-44-40(42)43)20-18-28-12-15-29-7-2-3-8-30(29)21-28/h2-5,7-9,11-17,21,32,35-36,50H,6,10,18-20,22-25H2,1H3,(H,45,49)(H,46,52)(H4,42,43,44). The van der Waals surface area contributed by atoms with E-state index >= 15 is 4.39 Å². The van der Waals surface area contributed by atoms with E-state index in [9.17, 15) is 24.3 Å². The molecule has 13 heteroatoms. The third-order valence-corrected chi connectivity index (χ3v) is 9.39. The van der Waals surface area contributed by atoms with Crippen LogP contribution in [0.5, 0.6) is 5.75 Å². The number of hydrogen-bond acceptors (Lipinski definition) is 6. The van der Waals surface area contributed by atoms with E-state index in [-0.39, 0.29) is 49.1 Å². The zero-order valence-electron chi connectivity index (χ0n) is 29.7. The molecule has 1 saturated heterocycles. The van der Waals surface area contributed by atoms with Crippen molar-refractivity contribution in [3.8, 4) is 5.75 Å². The van der Waals surface area contributed by atoms with E-state index in [1.54, 1.807) is 23.1 Å². The zero-order valence-corrected chi connectivity index (χ0v) is 29.7. The molecule has 0 radical (unpaired) electrons. The summed E-state index contributed by atoms with van der Waals surface area (Å²) in [5.74, 6) is -2.63. The van der Waals surface area contributed by atoms with Gasteiger partial charge in [-0.15, -0.1) is 0 Å². The molecule has 0 spiro atoms. The molecule has 4 amide bonds. The highest BCUT2D eigenvalue weighted by Crippen LogP contribution is 2.21. The first-order chi connectivity index (χ1) is 25.5. The van der Waals surface area contributed by atoms with Gasteiger partial charge in [-0.25, -0.2) is 4.39 Å². The van der Waals surface area contributed by atoms with Crippen LogP contribution >= 0.6 is 0 Å². The molecule has 0 saturated carbocycles. The first-order valence-electron chi connectivity index (χ1n) is 17.7. The summed E-state index contributed by atoms with van der Waals surface area (Å²) in [7, 11) is 0. The Hall–Kier alpha value is -5.98. The van der Waals surface area contributed by atoms with Crippen molar-refractivity contribution in [2.24, 2.45) is 5.73 Å². The van der Waals surface area contributed by atoms with Crippen LogP contribution in [0.3, 0.4) is 0 Å². The molecule has 5 rings (SSSR count). The molecule has 0 aromatic heterocycles. The molecule has 53 heavy (non-hydrogen) atoms. The normalized spacial score (nSPS) is 15.4.